The molecule has 2 N–H and O–H groups in total. The van der Waals surface area contributed by atoms with Crippen LogP contribution in [0, 0.1) is 11.8 Å². The summed E-state index contributed by atoms with van der Waals surface area (Å²) in [6, 6.07) is 0. The highest BCUT2D eigenvalue weighted by molar-refractivity contribution is 5.69. The van der Waals surface area contributed by atoms with Crippen molar-refractivity contribution in [1.82, 2.24) is 0 Å². The van der Waals surface area contributed by atoms with Crippen molar-refractivity contribution in [2.75, 3.05) is 13.2 Å². The predicted molar refractivity (Wildman–Crippen MR) is 71.7 cm³/mol. The highest BCUT2D eigenvalue weighted by Gasteiger charge is 2.11. The van der Waals surface area contributed by atoms with Crippen LogP contribution in [0.3, 0.4) is 0 Å². The summed E-state index contributed by atoms with van der Waals surface area (Å²) >= 11 is 0. The second-order valence-corrected chi connectivity index (χ2v) is 4.97. The van der Waals surface area contributed by atoms with Crippen molar-refractivity contribution >= 4 is 5.97 Å². The van der Waals surface area contributed by atoms with Gasteiger partial charge in [0.15, 0.2) is 0 Å². The molecular formula is C14H29NO2. The van der Waals surface area contributed by atoms with Crippen LogP contribution in [0.15, 0.2) is 0 Å². The molecule has 0 radical (unpaired) electrons. The highest BCUT2D eigenvalue weighted by Crippen LogP contribution is 2.15. The van der Waals surface area contributed by atoms with Crippen LogP contribution >= 0.6 is 0 Å². The largest absolute Gasteiger partial charge is 0.465 e. The third-order valence-electron chi connectivity index (χ3n) is 3.22. The summed E-state index contributed by atoms with van der Waals surface area (Å²) < 4.78 is 5.26. The summed E-state index contributed by atoms with van der Waals surface area (Å²) in [4.78, 5) is 11.5. The SMILES string of the molecule is CCCC(C)COC(=O)CCC(CC)CCN. The number of nitrogens with two attached hydrogens (primary N) is 1. The topological polar surface area (TPSA) is 52.3 Å². The van der Waals surface area contributed by atoms with Crippen molar-refractivity contribution in [3.8, 4) is 0 Å². The Kier molecular flexibility index (Phi) is 10.2. The number of hydrogen-bond acceptors (Lipinski definition) is 3. The van der Waals surface area contributed by atoms with Gasteiger partial charge in [-0.25, -0.2) is 0 Å². The molecule has 3 heteroatoms. The number of ether oxygens (including phenoxy) is 1. The van der Waals surface area contributed by atoms with E-state index in [1.54, 1.807) is 0 Å². The van der Waals surface area contributed by atoms with Crippen LogP contribution < -0.4 is 5.73 Å². The standard InChI is InChI=1S/C14H29NO2/c1-4-6-12(3)11-17-14(16)8-7-13(5-2)9-10-15/h12-13H,4-11,15H2,1-3H3. The molecule has 2 atom stereocenters. The monoisotopic (exact) mass is 243 g/mol. The van der Waals surface area contributed by atoms with Crippen molar-refractivity contribution < 1.29 is 9.53 Å². The molecule has 0 bridgehead atoms. The summed E-state index contributed by atoms with van der Waals surface area (Å²) in [7, 11) is 0. The summed E-state index contributed by atoms with van der Waals surface area (Å²) in [6.45, 7) is 7.70. The van der Waals surface area contributed by atoms with Gasteiger partial charge in [0.1, 0.15) is 0 Å². The van der Waals surface area contributed by atoms with E-state index in [9.17, 15) is 4.79 Å². The first-order valence-electron chi connectivity index (χ1n) is 6.99. The van der Waals surface area contributed by atoms with Crippen molar-refractivity contribution in [3.05, 3.63) is 0 Å². The quantitative estimate of drug-likeness (QED) is 0.600. The Hall–Kier alpha value is -0.570. The van der Waals surface area contributed by atoms with Gasteiger partial charge in [-0.15, -0.1) is 0 Å². The summed E-state index contributed by atoms with van der Waals surface area (Å²) in [5, 5.41) is 0. The van der Waals surface area contributed by atoms with E-state index >= 15 is 0 Å². The molecule has 0 aromatic heterocycles. The second kappa shape index (κ2) is 10.6. The fourth-order valence-electron chi connectivity index (χ4n) is 1.99. The van der Waals surface area contributed by atoms with Gasteiger partial charge in [-0.2, -0.15) is 0 Å². The number of esters is 1. The minimum absolute atomic E-state index is 0.0524. The van der Waals surface area contributed by atoms with Gasteiger partial charge >= 0.3 is 5.97 Å². The number of carbonyl (C=O) groups excluding carboxylic acids is 1. The van der Waals surface area contributed by atoms with E-state index in [0.717, 1.165) is 32.1 Å². The Balaban J connectivity index is 3.64. The van der Waals surface area contributed by atoms with Crippen LogP contribution in [0.2, 0.25) is 0 Å². The Morgan fingerprint density at radius 2 is 1.94 bits per heavy atom. The fourth-order valence-corrected chi connectivity index (χ4v) is 1.99. The second-order valence-electron chi connectivity index (χ2n) is 4.97. The van der Waals surface area contributed by atoms with E-state index in [4.69, 9.17) is 10.5 Å². The molecule has 0 saturated carbocycles. The summed E-state index contributed by atoms with van der Waals surface area (Å²) in [6.07, 6.45) is 5.82. The lowest BCUT2D eigenvalue weighted by molar-refractivity contribution is -0.145. The molecule has 0 aliphatic rings. The van der Waals surface area contributed by atoms with Gasteiger partial charge < -0.3 is 10.5 Å². The normalized spacial score (nSPS) is 14.4. The summed E-state index contributed by atoms with van der Waals surface area (Å²) in [5.41, 5.74) is 5.53. The van der Waals surface area contributed by atoms with E-state index in [2.05, 4.69) is 20.8 Å². The molecule has 3 nitrogen and oxygen atoms in total. The zero-order valence-corrected chi connectivity index (χ0v) is 11.7. The molecule has 0 aliphatic heterocycles. The maximum absolute atomic E-state index is 11.5. The zero-order valence-electron chi connectivity index (χ0n) is 11.7. The molecule has 0 amide bonds. The van der Waals surface area contributed by atoms with Crippen LogP contribution in [0.1, 0.15) is 59.3 Å². The van der Waals surface area contributed by atoms with Crippen LogP contribution in [0.4, 0.5) is 0 Å². The molecule has 0 heterocycles. The van der Waals surface area contributed by atoms with E-state index in [0.29, 0.717) is 31.4 Å². The van der Waals surface area contributed by atoms with Crippen LogP contribution in [0.5, 0.6) is 0 Å². The highest BCUT2D eigenvalue weighted by atomic mass is 16.5. The molecule has 0 rings (SSSR count). The van der Waals surface area contributed by atoms with E-state index < -0.39 is 0 Å². The molecule has 0 spiro atoms. The molecule has 2 unspecified atom stereocenters. The molecule has 17 heavy (non-hydrogen) atoms. The minimum atomic E-state index is -0.0524. The van der Waals surface area contributed by atoms with E-state index in [1.165, 1.54) is 0 Å². The van der Waals surface area contributed by atoms with Gasteiger partial charge in [0.05, 0.1) is 6.61 Å². The van der Waals surface area contributed by atoms with Gasteiger partial charge in [-0.3, -0.25) is 4.79 Å². The van der Waals surface area contributed by atoms with Crippen LogP contribution in [-0.2, 0) is 9.53 Å². The number of carbonyl (C=O) groups is 1. The molecule has 0 saturated heterocycles. The third-order valence-corrected chi connectivity index (χ3v) is 3.22. The molecule has 0 aliphatic carbocycles. The van der Waals surface area contributed by atoms with Gasteiger partial charge in [-0.05, 0) is 37.6 Å². The van der Waals surface area contributed by atoms with Gasteiger partial charge in [0.25, 0.3) is 0 Å². The first-order valence-corrected chi connectivity index (χ1v) is 6.99. The van der Waals surface area contributed by atoms with E-state index in [-0.39, 0.29) is 5.97 Å². The smallest absolute Gasteiger partial charge is 0.305 e. The molecule has 0 fully saturated rings. The fraction of sp³-hybridized carbons (Fsp3) is 0.929. The molecule has 0 aromatic rings. The number of rotatable bonds is 10. The van der Waals surface area contributed by atoms with Gasteiger partial charge in [0, 0.05) is 6.42 Å². The van der Waals surface area contributed by atoms with Crippen molar-refractivity contribution in [2.24, 2.45) is 17.6 Å². The zero-order chi connectivity index (χ0) is 13.1. The number of hydrogen-bond donors (Lipinski definition) is 1. The van der Waals surface area contributed by atoms with Gasteiger partial charge in [0.2, 0.25) is 0 Å². The van der Waals surface area contributed by atoms with Crippen LogP contribution in [-0.4, -0.2) is 19.1 Å². The maximum atomic E-state index is 11.5. The van der Waals surface area contributed by atoms with E-state index in [1.807, 2.05) is 0 Å². The summed E-state index contributed by atoms with van der Waals surface area (Å²) in [5.74, 6) is 0.999. The average Bonchev–Trinajstić information content (AvgIpc) is 2.32. The van der Waals surface area contributed by atoms with Crippen molar-refractivity contribution in [3.63, 3.8) is 0 Å². The Morgan fingerprint density at radius 3 is 2.47 bits per heavy atom. The maximum Gasteiger partial charge on any atom is 0.305 e. The first kappa shape index (κ1) is 16.4. The lowest BCUT2D eigenvalue weighted by Gasteiger charge is -2.14. The Morgan fingerprint density at radius 1 is 1.24 bits per heavy atom. The lowest BCUT2D eigenvalue weighted by Crippen LogP contribution is -2.14. The van der Waals surface area contributed by atoms with Crippen molar-refractivity contribution in [1.29, 1.82) is 0 Å². The van der Waals surface area contributed by atoms with Crippen LogP contribution in [0.25, 0.3) is 0 Å². The van der Waals surface area contributed by atoms with Gasteiger partial charge in [-0.1, -0.05) is 33.6 Å². The third kappa shape index (κ3) is 9.16. The minimum Gasteiger partial charge on any atom is -0.465 e. The Bertz CT molecular complexity index is 195. The predicted octanol–water partition coefficient (Wildman–Crippen LogP) is 3.12. The first-order chi connectivity index (χ1) is 8.13. The molecule has 0 aromatic carbocycles. The molecule has 102 valence electrons. The average molecular weight is 243 g/mol. The lowest BCUT2D eigenvalue weighted by atomic mass is 9.97. The van der Waals surface area contributed by atoms with Crippen molar-refractivity contribution in [2.45, 2.75) is 59.3 Å². The Labute approximate surface area is 106 Å². The molecular weight excluding hydrogens is 214 g/mol.